The van der Waals surface area contributed by atoms with Crippen LogP contribution in [0.25, 0.3) is 0 Å². The zero-order valence-electron chi connectivity index (χ0n) is 15.2. The van der Waals surface area contributed by atoms with E-state index in [9.17, 15) is 9.59 Å². The SMILES string of the molecule is Cc1cc(C(=O)NC2CC(C)N(C(=O)C3CCCC4(CC4)C3)C2)n[nH]1. The Morgan fingerprint density at radius 1 is 1.36 bits per heavy atom. The van der Waals surface area contributed by atoms with Gasteiger partial charge < -0.3 is 10.2 Å². The Morgan fingerprint density at radius 2 is 2.16 bits per heavy atom. The van der Waals surface area contributed by atoms with Crippen LogP contribution in [0.4, 0.5) is 0 Å². The van der Waals surface area contributed by atoms with E-state index in [0.29, 0.717) is 23.6 Å². The van der Waals surface area contributed by atoms with E-state index in [1.165, 1.54) is 25.7 Å². The number of H-pyrrole nitrogens is 1. The number of likely N-dealkylation sites (tertiary alicyclic amines) is 1. The largest absolute Gasteiger partial charge is 0.346 e. The zero-order chi connectivity index (χ0) is 17.6. The second-order valence-electron chi connectivity index (χ2n) is 8.48. The summed E-state index contributed by atoms with van der Waals surface area (Å²) in [5, 5.41) is 9.84. The summed E-state index contributed by atoms with van der Waals surface area (Å²) in [6.07, 6.45) is 8.07. The molecule has 3 atom stereocenters. The monoisotopic (exact) mass is 344 g/mol. The lowest BCUT2D eigenvalue weighted by molar-refractivity contribution is -0.138. The van der Waals surface area contributed by atoms with Gasteiger partial charge in [-0.3, -0.25) is 14.7 Å². The molecule has 0 bridgehead atoms. The Balaban J connectivity index is 1.36. The normalized spacial score (nSPS) is 30.5. The fraction of sp³-hybridized carbons (Fsp3) is 0.737. The van der Waals surface area contributed by atoms with Gasteiger partial charge in [-0.1, -0.05) is 6.42 Å². The number of carbonyl (C=O) groups excluding carboxylic acids is 2. The van der Waals surface area contributed by atoms with Gasteiger partial charge in [-0.05, 0) is 63.9 Å². The first-order valence-electron chi connectivity index (χ1n) is 9.59. The van der Waals surface area contributed by atoms with E-state index in [1.807, 2.05) is 11.8 Å². The van der Waals surface area contributed by atoms with E-state index >= 15 is 0 Å². The molecule has 1 saturated heterocycles. The van der Waals surface area contributed by atoms with Crippen LogP contribution in [0.5, 0.6) is 0 Å². The van der Waals surface area contributed by atoms with E-state index in [2.05, 4.69) is 22.4 Å². The number of amides is 2. The van der Waals surface area contributed by atoms with Crippen LogP contribution in [0, 0.1) is 18.3 Å². The molecule has 1 aromatic rings. The molecule has 2 aliphatic carbocycles. The van der Waals surface area contributed by atoms with Gasteiger partial charge in [0.2, 0.25) is 5.91 Å². The minimum atomic E-state index is -0.162. The molecular formula is C19H28N4O2. The number of nitrogens with one attached hydrogen (secondary N) is 2. The van der Waals surface area contributed by atoms with Gasteiger partial charge in [-0.15, -0.1) is 0 Å². The fourth-order valence-electron chi connectivity index (χ4n) is 4.76. The minimum absolute atomic E-state index is 0.0157. The Bertz CT molecular complexity index is 679. The second-order valence-corrected chi connectivity index (χ2v) is 8.48. The van der Waals surface area contributed by atoms with E-state index in [-0.39, 0.29) is 23.9 Å². The molecule has 2 N–H and O–H groups in total. The number of aromatic amines is 1. The number of hydrogen-bond donors (Lipinski definition) is 2. The Kier molecular flexibility index (Phi) is 4.08. The van der Waals surface area contributed by atoms with Crippen LogP contribution in [-0.4, -0.2) is 45.5 Å². The van der Waals surface area contributed by atoms with Crippen molar-refractivity contribution in [2.75, 3.05) is 6.54 Å². The van der Waals surface area contributed by atoms with Crippen LogP contribution in [0.1, 0.15) is 68.1 Å². The molecule has 2 saturated carbocycles. The second kappa shape index (κ2) is 6.15. The number of carbonyl (C=O) groups is 2. The Hall–Kier alpha value is -1.85. The van der Waals surface area contributed by atoms with Crippen molar-refractivity contribution in [3.8, 4) is 0 Å². The molecule has 2 amide bonds. The number of aromatic nitrogens is 2. The minimum Gasteiger partial charge on any atom is -0.346 e. The number of aryl methyl sites for hydroxylation is 1. The molecule has 1 aliphatic heterocycles. The van der Waals surface area contributed by atoms with Crippen LogP contribution in [0.2, 0.25) is 0 Å². The van der Waals surface area contributed by atoms with Crippen LogP contribution < -0.4 is 5.32 Å². The molecule has 0 radical (unpaired) electrons. The van der Waals surface area contributed by atoms with E-state index in [0.717, 1.165) is 25.0 Å². The maximum Gasteiger partial charge on any atom is 0.272 e. The lowest BCUT2D eigenvalue weighted by Crippen LogP contribution is -2.42. The molecule has 6 nitrogen and oxygen atoms in total. The van der Waals surface area contributed by atoms with E-state index < -0.39 is 0 Å². The van der Waals surface area contributed by atoms with Crippen molar-refractivity contribution in [3.05, 3.63) is 17.5 Å². The smallest absolute Gasteiger partial charge is 0.272 e. The molecule has 136 valence electrons. The van der Waals surface area contributed by atoms with E-state index in [1.54, 1.807) is 6.07 Å². The lowest BCUT2D eigenvalue weighted by atomic mass is 9.78. The van der Waals surface area contributed by atoms with Crippen molar-refractivity contribution in [1.29, 1.82) is 0 Å². The predicted molar refractivity (Wildman–Crippen MR) is 94.0 cm³/mol. The third-order valence-corrected chi connectivity index (χ3v) is 6.38. The molecule has 4 rings (SSSR count). The van der Waals surface area contributed by atoms with Gasteiger partial charge in [0.25, 0.3) is 5.91 Å². The summed E-state index contributed by atoms with van der Waals surface area (Å²) in [6.45, 7) is 4.59. The van der Waals surface area contributed by atoms with Gasteiger partial charge in [0.1, 0.15) is 5.69 Å². The summed E-state index contributed by atoms with van der Waals surface area (Å²) in [7, 11) is 0. The molecule has 3 aliphatic rings. The predicted octanol–water partition coefficient (Wildman–Crippen LogP) is 2.41. The first-order chi connectivity index (χ1) is 12.0. The average molecular weight is 344 g/mol. The quantitative estimate of drug-likeness (QED) is 0.884. The molecule has 3 unspecified atom stereocenters. The Labute approximate surface area is 148 Å². The molecule has 6 heteroatoms. The Morgan fingerprint density at radius 3 is 2.84 bits per heavy atom. The molecule has 25 heavy (non-hydrogen) atoms. The number of rotatable bonds is 3. The summed E-state index contributed by atoms with van der Waals surface area (Å²) in [6, 6.07) is 1.95. The topological polar surface area (TPSA) is 78.1 Å². The number of hydrogen-bond acceptors (Lipinski definition) is 3. The molecule has 1 spiro atoms. The van der Waals surface area contributed by atoms with Crippen molar-refractivity contribution in [2.45, 2.75) is 70.9 Å². The maximum absolute atomic E-state index is 13.0. The van der Waals surface area contributed by atoms with Crippen molar-refractivity contribution in [1.82, 2.24) is 20.4 Å². The average Bonchev–Trinajstić information content (AvgIpc) is 3.01. The molecule has 3 fully saturated rings. The highest BCUT2D eigenvalue weighted by Gasteiger charge is 2.48. The molecule has 1 aromatic heterocycles. The van der Waals surface area contributed by atoms with Gasteiger partial charge in [0.15, 0.2) is 0 Å². The highest BCUT2D eigenvalue weighted by Crippen LogP contribution is 2.57. The third-order valence-electron chi connectivity index (χ3n) is 6.38. The van der Waals surface area contributed by atoms with Crippen molar-refractivity contribution in [3.63, 3.8) is 0 Å². The van der Waals surface area contributed by atoms with Crippen LogP contribution >= 0.6 is 0 Å². The van der Waals surface area contributed by atoms with Crippen LogP contribution in [0.3, 0.4) is 0 Å². The maximum atomic E-state index is 13.0. The van der Waals surface area contributed by atoms with E-state index in [4.69, 9.17) is 0 Å². The van der Waals surface area contributed by atoms with Gasteiger partial charge in [-0.25, -0.2) is 0 Å². The fourth-order valence-corrected chi connectivity index (χ4v) is 4.76. The third kappa shape index (κ3) is 3.31. The standard InChI is InChI=1S/C19H28N4O2/c1-12-8-16(22-21-12)17(24)20-15-9-13(2)23(11-15)18(25)14-4-3-5-19(10-14)6-7-19/h8,13-15H,3-7,9-11H2,1-2H3,(H,20,24)(H,21,22). The zero-order valence-corrected chi connectivity index (χ0v) is 15.2. The van der Waals surface area contributed by atoms with Crippen LogP contribution in [0.15, 0.2) is 6.07 Å². The highest BCUT2D eigenvalue weighted by molar-refractivity contribution is 5.92. The summed E-state index contributed by atoms with van der Waals surface area (Å²) in [4.78, 5) is 27.3. The molecule has 2 heterocycles. The summed E-state index contributed by atoms with van der Waals surface area (Å²) in [5.41, 5.74) is 1.79. The first-order valence-corrected chi connectivity index (χ1v) is 9.59. The van der Waals surface area contributed by atoms with Gasteiger partial charge in [-0.2, -0.15) is 5.10 Å². The summed E-state index contributed by atoms with van der Waals surface area (Å²) >= 11 is 0. The van der Waals surface area contributed by atoms with Crippen molar-refractivity contribution in [2.24, 2.45) is 11.3 Å². The summed E-state index contributed by atoms with van der Waals surface area (Å²) in [5.74, 6) is 0.346. The van der Waals surface area contributed by atoms with Gasteiger partial charge >= 0.3 is 0 Å². The molecular weight excluding hydrogens is 316 g/mol. The molecule has 0 aromatic carbocycles. The van der Waals surface area contributed by atoms with Crippen molar-refractivity contribution < 1.29 is 9.59 Å². The van der Waals surface area contributed by atoms with Crippen molar-refractivity contribution >= 4 is 11.8 Å². The first kappa shape index (κ1) is 16.6. The van der Waals surface area contributed by atoms with Crippen LogP contribution in [-0.2, 0) is 4.79 Å². The van der Waals surface area contributed by atoms with Gasteiger partial charge in [0.05, 0.1) is 0 Å². The lowest BCUT2D eigenvalue weighted by Gasteiger charge is -2.32. The number of nitrogens with zero attached hydrogens (tertiary/aromatic N) is 2. The summed E-state index contributed by atoms with van der Waals surface area (Å²) < 4.78 is 0. The van der Waals surface area contributed by atoms with Gasteiger partial charge in [0, 0.05) is 30.2 Å². The highest BCUT2D eigenvalue weighted by atomic mass is 16.2.